The van der Waals surface area contributed by atoms with Crippen LogP contribution in [0.25, 0.3) is 10.9 Å². The maximum Gasteiger partial charge on any atom is 0.226 e. The number of ether oxygens (including phenoxy) is 3. The van der Waals surface area contributed by atoms with Gasteiger partial charge in [-0.3, -0.25) is 9.78 Å². The Hall–Kier alpha value is -3.46. The maximum absolute atomic E-state index is 14.9. The number of benzene rings is 2. The van der Waals surface area contributed by atoms with Crippen molar-refractivity contribution in [3.05, 3.63) is 48.4 Å². The molecule has 0 radical (unpaired) electrons. The summed E-state index contributed by atoms with van der Waals surface area (Å²) in [5.74, 6) is 1.12. The van der Waals surface area contributed by atoms with Crippen LogP contribution >= 0.6 is 12.2 Å². The van der Waals surface area contributed by atoms with Crippen molar-refractivity contribution < 1.29 is 23.4 Å². The lowest BCUT2D eigenvalue weighted by Gasteiger charge is -2.14. The van der Waals surface area contributed by atoms with Crippen molar-refractivity contribution in [2.75, 3.05) is 19.5 Å². The molecular formula is C32H42FN3O4S. The molecule has 0 fully saturated rings. The van der Waals surface area contributed by atoms with E-state index in [9.17, 15) is 9.18 Å². The van der Waals surface area contributed by atoms with Crippen LogP contribution in [-0.4, -0.2) is 30.2 Å². The smallest absolute Gasteiger partial charge is 0.226 e. The summed E-state index contributed by atoms with van der Waals surface area (Å²) in [4.78, 5) is 16.6. The first-order valence-corrected chi connectivity index (χ1v) is 14.9. The quantitative estimate of drug-likeness (QED) is 0.121. The summed E-state index contributed by atoms with van der Waals surface area (Å²) < 4.78 is 31.6. The first-order chi connectivity index (χ1) is 19.9. The topological polar surface area (TPSA) is 81.7 Å². The number of anilines is 1. The average Bonchev–Trinajstić information content (AvgIpc) is 2.96. The number of amides is 1. The van der Waals surface area contributed by atoms with Crippen LogP contribution in [0.3, 0.4) is 0 Å². The number of methoxy groups -OCH3 is 2. The number of hydrogen-bond donors (Lipinski definition) is 2. The Kier molecular flexibility index (Phi) is 13.6. The zero-order valence-corrected chi connectivity index (χ0v) is 25.2. The Balaban J connectivity index is 1.42. The van der Waals surface area contributed by atoms with Gasteiger partial charge in [0.25, 0.3) is 0 Å². The first-order valence-electron chi connectivity index (χ1n) is 14.5. The lowest BCUT2D eigenvalue weighted by Crippen LogP contribution is -2.34. The van der Waals surface area contributed by atoms with E-state index in [2.05, 4.69) is 22.5 Å². The second-order valence-electron chi connectivity index (χ2n) is 10.1. The Bertz CT molecular complexity index is 1290. The van der Waals surface area contributed by atoms with Crippen molar-refractivity contribution in [3.63, 3.8) is 0 Å². The molecule has 222 valence electrons. The molecule has 0 aliphatic heterocycles. The number of hydrogen-bond acceptors (Lipinski definition) is 6. The predicted octanol–water partition coefficient (Wildman–Crippen LogP) is 8.70. The zero-order chi connectivity index (χ0) is 29.5. The summed E-state index contributed by atoms with van der Waals surface area (Å²) in [7, 11) is 3.10. The number of fused-ring (bicyclic) bond motifs is 1. The van der Waals surface area contributed by atoms with Crippen LogP contribution in [0.15, 0.2) is 42.6 Å². The van der Waals surface area contributed by atoms with Gasteiger partial charge in [-0.2, -0.15) is 0 Å². The molecule has 0 aliphatic carbocycles. The van der Waals surface area contributed by atoms with Gasteiger partial charge in [-0.1, -0.05) is 71.1 Å². The van der Waals surface area contributed by atoms with Gasteiger partial charge in [0.05, 0.1) is 25.4 Å². The number of unbranched alkanes of at least 4 members (excludes halogenated alkanes) is 10. The lowest BCUT2D eigenvalue weighted by atomic mass is 10.1. The van der Waals surface area contributed by atoms with Crippen LogP contribution in [0.1, 0.15) is 84.0 Å². The molecule has 0 unspecified atom stereocenters. The third-order valence-electron chi connectivity index (χ3n) is 6.88. The minimum atomic E-state index is -0.568. The van der Waals surface area contributed by atoms with E-state index >= 15 is 0 Å². The second kappa shape index (κ2) is 17.4. The molecular weight excluding hydrogens is 541 g/mol. The number of rotatable bonds is 17. The third kappa shape index (κ3) is 10.5. The predicted molar refractivity (Wildman–Crippen MR) is 167 cm³/mol. The molecule has 3 aromatic rings. The monoisotopic (exact) mass is 583 g/mol. The molecule has 0 aliphatic rings. The summed E-state index contributed by atoms with van der Waals surface area (Å²) in [6.45, 7) is 2.24. The molecule has 3 rings (SSSR count). The van der Waals surface area contributed by atoms with Crippen molar-refractivity contribution in [1.29, 1.82) is 0 Å². The van der Waals surface area contributed by atoms with Gasteiger partial charge in [0.2, 0.25) is 5.91 Å². The fourth-order valence-electron chi connectivity index (χ4n) is 4.62. The highest BCUT2D eigenvalue weighted by molar-refractivity contribution is 7.80. The number of pyridine rings is 1. The van der Waals surface area contributed by atoms with Crippen molar-refractivity contribution in [3.8, 4) is 23.0 Å². The van der Waals surface area contributed by atoms with E-state index in [1.165, 1.54) is 63.5 Å². The zero-order valence-electron chi connectivity index (χ0n) is 24.4. The number of carbonyl (C=O) groups is 1. The Morgan fingerprint density at radius 3 is 2.12 bits per heavy atom. The Morgan fingerprint density at radius 1 is 0.854 bits per heavy atom. The lowest BCUT2D eigenvalue weighted by molar-refractivity contribution is -0.119. The molecule has 41 heavy (non-hydrogen) atoms. The summed E-state index contributed by atoms with van der Waals surface area (Å²) in [6, 6.07) is 9.60. The van der Waals surface area contributed by atoms with Gasteiger partial charge in [-0.15, -0.1) is 0 Å². The number of aromatic nitrogens is 1. The molecule has 2 N–H and O–H groups in total. The summed E-state index contributed by atoms with van der Waals surface area (Å²) >= 11 is 5.22. The SMILES string of the molecule is CCCCCCCCCCCCCC(=O)NC(=S)Nc1ccc(Oc2ccnc3cc(OC)c(OC)cc23)cc1F. The van der Waals surface area contributed by atoms with Gasteiger partial charge in [0.1, 0.15) is 17.3 Å². The summed E-state index contributed by atoms with van der Waals surface area (Å²) in [6.07, 6.45) is 15.4. The van der Waals surface area contributed by atoms with E-state index in [0.717, 1.165) is 19.3 Å². The highest BCUT2D eigenvalue weighted by Gasteiger charge is 2.13. The van der Waals surface area contributed by atoms with E-state index in [0.29, 0.717) is 40.3 Å². The van der Waals surface area contributed by atoms with Crippen molar-refractivity contribution in [2.24, 2.45) is 0 Å². The largest absolute Gasteiger partial charge is 0.493 e. The Labute approximate surface area is 248 Å². The molecule has 7 nitrogen and oxygen atoms in total. The molecule has 0 atom stereocenters. The van der Waals surface area contributed by atoms with Crippen LogP contribution in [0.2, 0.25) is 0 Å². The van der Waals surface area contributed by atoms with E-state index < -0.39 is 5.82 Å². The fraction of sp³-hybridized carbons (Fsp3) is 0.469. The van der Waals surface area contributed by atoms with Gasteiger partial charge >= 0.3 is 0 Å². The molecule has 9 heteroatoms. The number of nitrogens with zero attached hydrogens (tertiary/aromatic N) is 1. The number of halogens is 1. The molecule has 1 aromatic heterocycles. The van der Waals surface area contributed by atoms with Gasteiger partial charge < -0.3 is 24.8 Å². The van der Waals surface area contributed by atoms with E-state index in [-0.39, 0.29) is 16.7 Å². The van der Waals surface area contributed by atoms with Gasteiger partial charge in [-0.25, -0.2) is 4.39 Å². The van der Waals surface area contributed by atoms with Crippen LogP contribution in [0.5, 0.6) is 23.0 Å². The highest BCUT2D eigenvalue weighted by atomic mass is 32.1. The van der Waals surface area contributed by atoms with Crippen LogP contribution in [0, 0.1) is 5.82 Å². The van der Waals surface area contributed by atoms with Crippen molar-refractivity contribution in [2.45, 2.75) is 84.0 Å². The number of carbonyl (C=O) groups excluding carboxylic acids is 1. The van der Waals surface area contributed by atoms with E-state index in [1.807, 2.05) is 0 Å². The summed E-state index contributed by atoms with van der Waals surface area (Å²) in [5.41, 5.74) is 0.788. The third-order valence-corrected chi connectivity index (χ3v) is 7.09. The number of nitrogens with one attached hydrogen (secondary N) is 2. The van der Waals surface area contributed by atoms with E-state index in [1.54, 1.807) is 44.7 Å². The average molecular weight is 584 g/mol. The fourth-order valence-corrected chi connectivity index (χ4v) is 4.84. The maximum atomic E-state index is 14.9. The highest BCUT2D eigenvalue weighted by Crippen LogP contribution is 2.37. The van der Waals surface area contributed by atoms with Gasteiger partial charge in [0, 0.05) is 30.1 Å². The Morgan fingerprint density at radius 2 is 1.49 bits per heavy atom. The molecule has 0 bridgehead atoms. The van der Waals surface area contributed by atoms with Crippen LogP contribution in [-0.2, 0) is 4.79 Å². The van der Waals surface area contributed by atoms with Crippen LogP contribution in [0.4, 0.5) is 10.1 Å². The van der Waals surface area contributed by atoms with E-state index in [4.69, 9.17) is 26.4 Å². The molecule has 2 aromatic carbocycles. The molecule has 0 saturated carbocycles. The molecule has 0 saturated heterocycles. The minimum Gasteiger partial charge on any atom is -0.493 e. The molecule has 0 spiro atoms. The normalized spacial score (nSPS) is 10.8. The molecule has 1 amide bonds. The van der Waals surface area contributed by atoms with Gasteiger partial charge in [0.15, 0.2) is 16.6 Å². The second-order valence-corrected chi connectivity index (χ2v) is 10.5. The number of thiocarbonyl (C=S) groups is 1. The summed E-state index contributed by atoms with van der Waals surface area (Å²) in [5, 5.41) is 6.15. The minimum absolute atomic E-state index is 0.0619. The van der Waals surface area contributed by atoms with Crippen LogP contribution < -0.4 is 24.8 Å². The first kappa shape index (κ1) is 32.1. The standard InChI is InChI=1S/C32H42FN3O4S/c1-4-5-6-7-8-9-10-11-12-13-14-15-31(37)36-32(41)35-26-17-16-23(20-25(26)33)40-28-18-19-34-27-22-30(39-3)29(38-2)21-24(27)28/h16-22H,4-15H2,1-3H3,(H2,35,36,37,41). The molecule has 1 heterocycles. The van der Waals surface area contributed by atoms with Gasteiger partial charge in [-0.05, 0) is 42.9 Å². The van der Waals surface area contributed by atoms with Crippen molar-refractivity contribution in [1.82, 2.24) is 10.3 Å². The van der Waals surface area contributed by atoms with Crippen molar-refractivity contribution >= 4 is 39.8 Å².